The molecule has 5 heteroatoms. The number of carbonyl (C=O) groups excluding carboxylic acids is 3. The van der Waals surface area contributed by atoms with Crippen molar-refractivity contribution in [2.45, 2.75) is 39.5 Å². The lowest BCUT2D eigenvalue weighted by atomic mass is 10.00. The number of ether oxygens (including phenoxy) is 2. The molecule has 0 saturated heterocycles. The third-order valence-electron chi connectivity index (χ3n) is 2.44. The number of hydrogen-bond donors (Lipinski definition) is 0. The van der Waals surface area contributed by atoms with Gasteiger partial charge in [0.1, 0.15) is 12.9 Å². The normalized spacial score (nSPS) is 12.1. The summed E-state index contributed by atoms with van der Waals surface area (Å²) in [5, 5.41) is 0. The Kier molecular flexibility index (Phi) is 10.4. The predicted molar refractivity (Wildman–Crippen MR) is 70.4 cm³/mol. The summed E-state index contributed by atoms with van der Waals surface area (Å²) in [6.45, 7) is 3.72. The molecule has 108 valence electrons. The molecule has 0 amide bonds. The Labute approximate surface area is 114 Å². The van der Waals surface area contributed by atoms with Crippen LogP contribution in [0.15, 0.2) is 12.2 Å². The van der Waals surface area contributed by atoms with Crippen LogP contribution in [0.25, 0.3) is 0 Å². The van der Waals surface area contributed by atoms with Gasteiger partial charge in [0.05, 0.1) is 6.61 Å². The first-order valence-corrected chi connectivity index (χ1v) is 6.49. The van der Waals surface area contributed by atoms with Crippen LogP contribution in [-0.2, 0) is 23.9 Å². The van der Waals surface area contributed by atoms with Gasteiger partial charge in [-0.05, 0) is 26.2 Å². The molecule has 0 radical (unpaired) electrons. The molecule has 0 spiro atoms. The lowest BCUT2D eigenvalue weighted by molar-refractivity contribution is -0.143. The molecule has 0 N–H and O–H groups in total. The Hall–Kier alpha value is -1.65. The van der Waals surface area contributed by atoms with Gasteiger partial charge in [-0.25, -0.2) is 0 Å². The second kappa shape index (κ2) is 11.4. The first kappa shape index (κ1) is 17.4. The highest BCUT2D eigenvalue weighted by Gasteiger charge is 2.07. The Balaban J connectivity index is 3.74. The maximum absolute atomic E-state index is 11.1. The van der Waals surface area contributed by atoms with Crippen LogP contribution < -0.4 is 0 Å². The molecule has 0 aliphatic heterocycles. The highest BCUT2D eigenvalue weighted by molar-refractivity contribution is 5.69. The highest BCUT2D eigenvalue weighted by Crippen LogP contribution is 2.11. The molecule has 0 aromatic rings. The molecular weight excluding hydrogens is 248 g/mol. The molecule has 0 heterocycles. The van der Waals surface area contributed by atoms with E-state index in [-0.39, 0.29) is 24.5 Å². The van der Waals surface area contributed by atoms with Crippen LogP contribution in [0.5, 0.6) is 0 Å². The third-order valence-corrected chi connectivity index (χ3v) is 2.44. The lowest BCUT2D eigenvalue weighted by Gasteiger charge is -2.07. The topological polar surface area (TPSA) is 69.7 Å². The molecule has 19 heavy (non-hydrogen) atoms. The van der Waals surface area contributed by atoms with Gasteiger partial charge in [0.25, 0.3) is 0 Å². The number of aldehydes is 1. The summed E-state index contributed by atoms with van der Waals surface area (Å²) in [6, 6.07) is 0. The van der Waals surface area contributed by atoms with Gasteiger partial charge in [0.2, 0.25) is 0 Å². The van der Waals surface area contributed by atoms with Crippen LogP contribution in [0.4, 0.5) is 0 Å². The fourth-order valence-electron chi connectivity index (χ4n) is 1.49. The molecule has 0 aliphatic rings. The van der Waals surface area contributed by atoms with Gasteiger partial charge < -0.3 is 14.3 Å². The molecule has 0 aliphatic carbocycles. The Morgan fingerprint density at radius 1 is 1.21 bits per heavy atom. The van der Waals surface area contributed by atoms with Crippen molar-refractivity contribution in [3.05, 3.63) is 12.2 Å². The van der Waals surface area contributed by atoms with E-state index in [0.29, 0.717) is 32.3 Å². The minimum atomic E-state index is -0.328. The quantitative estimate of drug-likeness (QED) is 0.345. The zero-order chi connectivity index (χ0) is 14.5. The van der Waals surface area contributed by atoms with E-state index in [2.05, 4.69) is 0 Å². The molecule has 0 bridgehead atoms. The Morgan fingerprint density at radius 2 is 1.95 bits per heavy atom. The predicted octanol–water partition coefficient (Wildman–Crippen LogP) is 2.04. The number of rotatable bonds is 10. The maximum Gasteiger partial charge on any atom is 0.305 e. The monoisotopic (exact) mass is 270 g/mol. The summed E-state index contributed by atoms with van der Waals surface area (Å²) in [7, 11) is 0. The summed E-state index contributed by atoms with van der Waals surface area (Å²) in [4.78, 5) is 32.4. The summed E-state index contributed by atoms with van der Waals surface area (Å²) >= 11 is 0. The van der Waals surface area contributed by atoms with Gasteiger partial charge in [0, 0.05) is 19.3 Å². The molecule has 0 aromatic heterocycles. The van der Waals surface area contributed by atoms with Crippen molar-refractivity contribution in [3.8, 4) is 0 Å². The van der Waals surface area contributed by atoms with Gasteiger partial charge >= 0.3 is 11.9 Å². The third kappa shape index (κ3) is 11.2. The molecule has 0 unspecified atom stereocenters. The van der Waals surface area contributed by atoms with Gasteiger partial charge in [0.15, 0.2) is 0 Å². The van der Waals surface area contributed by atoms with Crippen LogP contribution in [0.2, 0.25) is 0 Å². The molecule has 0 saturated carbocycles. The average molecular weight is 270 g/mol. The number of hydrogen-bond acceptors (Lipinski definition) is 5. The van der Waals surface area contributed by atoms with Crippen LogP contribution in [0.1, 0.15) is 39.5 Å². The van der Waals surface area contributed by atoms with E-state index in [1.54, 1.807) is 13.0 Å². The molecule has 1 atom stereocenters. The maximum atomic E-state index is 11.1. The standard InChI is InChI=1S/C14H22O5/c1-3-18-14(17)9-6-8-13(11-15)7-4-5-10-19-12(2)16/h4-5,11,13H,3,6-10H2,1-2H3/b5-4+/t13-/m1/s1. The second-order valence-corrected chi connectivity index (χ2v) is 4.10. The van der Waals surface area contributed by atoms with E-state index in [9.17, 15) is 14.4 Å². The highest BCUT2D eigenvalue weighted by atomic mass is 16.5. The van der Waals surface area contributed by atoms with Crippen molar-refractivity contribution < 1.29 is 23.9 Å². The van der Waals surface area contributed by atoms with Gasteiger partial charge in [-0.1, -0.05) is 12.2 Å². The lowest BCUT2D eigenvalue weighted by Crippen LogP contribution is -2.06. The SMILES string of the molecule is CCOC(=O)CCC[C@H](C=O)C/C=C/COC(C)=O. The van der Waals surface area contributed by atoms with E-state index in [1.807, 2.05) is 6.08 Å². The van der Waals surface area contributed by atoms with Crippen molar-refractivity contribution in [3.63, 3.8) is 0 Å². The van der Waals surface area contributed by atoms with E-state index in [4.69, 9.17) is 9.47 Å². The Morgan fingerprint density at radius 3 is 2.53 bits per heavy atom. The number of esters is 2. The summed E-state index contributed by atoms with van der Waals surface area (Å²) in [6.07, 6.45) is 6.64. The molecule has 5 nitrogen and oxygen atoms in total. The summed E-state index contributed by atoms with van der Waals surface area (Å²) in [5.74, 6) is -0.661. The van der Waals surface area contributed by atoms with Crippen LogP contribution in [-0.4, -0.2) is 31.4 Å². The zero-order valence-electron chi connectivity index (χ0n) is 11.6. The van der Waals surface area contributed by atoms with E-state index in [1.165, 1.54) is 6.92 Å². The van der Waals surface area contributed by atoms with Crippen molar-refractivity contribution >= 4 is 18.2 Å². The van der Waals surface area contributed by atoms with E-state index >= 15 is 0 Å². The van der Waals surface area contributed by atoms with Crippen LogP contribution in [0.3, 0.4) is 0 Å². The second-order valence-electron chi connectivity index (χ2n) is 4.10. The van der Waals surface area contributed by atoms with Gasteiger partial charge in [-0.2, -0.15) is 0 Å². The summed E-state index contributed by atoms with van der Waals surface area (Å²) in [5.41, 5.74) is 0. The van der Waals surface area contributed by atoms with E-state index < -0.39 is 0 Å². The molecule has 0 fully saturated rings. The minimum Gasteiger partial charge on any atom is -0.466 e. The van der Waals surface area contributed by atoms with Crippen molar-refractivity contribution in [1.82, 2.24) is 0 Å². The molecular formula is C14H22O5. The van der Waals surface area contributed by atoms with Crippen molar-refractivity contribution in [2.24, 2.45) is 5.92 Å². The van der Waals surface area contributed by atoms with Crippen molar-refractivity contribution in [1.29, 1.82) is 0 Å². The largest absolute Gasteiger partial charge is 0.466 e. The average Bonchev–Trinajstić information content (AvgIpc) is 2.36. The fraction of sp³-hybridized carbons (Fsp3) is 0.643. The van der Waals surface area contributed by atoms with Crippen LogP contribution >= 0.6 is 0 Å². The van der Waals surface area contributed by atoms with E-state index in [0.717, 1.165) is 6.29 Å². The smallest absolute Gasteiger partial charge is 0.305 e. The minimum absolute atomic E-state index is 0.108. The molecule has 0 aromatic carbocycles. The number of allylic oxidation sites excluding steroid dienone is 1. The van der Waals surface area contributed by atoms with Gasteiger partial charge in [-0.3, -0.25) is 9.59 Å². The Bertz CT molecular complexity index is 309. The van der Waals surface area contributed by atoms with Crippen molar-refractivity contribution in [2.75, 3.05) is 13.2 Å². The fourth-order valence-corrected chi connectivity index (χ4v) is 1.49. The zero-order valence-corrected chi connectivity index (χ0v) is 11.6. The molecule has 0 rings (SSSR count). The summed E-state index contributed by atoms with van der Waals surface area (Å²) < 4.78 is 9.52. The van der Waals surface area contributed by atoms with Gasteiger partial charge in [-0.15, -0.1) is 0 Å². The first-order valence-electron chi connectivity index (χ1n) is 6.49. The first-order chi connectivity index (χ1) is 9.10. The number of carbonyl (C=O) groups is 3. The van der Waals surface area contributed by atoms with Crippen LogP contribution in [0, 0.1) is 5.92 Å².